The fourth-order valence-electron chi connectivity index (χ4n) is 2.06. The third-order valence-electron chi connectivity index (χ3n) is 2.99. The molecule has 2 saturated heterocycles. The number of fused-ring (bicyclic) bond motifs is 1. The van der Waals surface area contributed by atoms with Crippen LogP contribution in [0.15, 0.2) is 0 Å². The van der Waals surface area contributed by atoms with Crippen molar-refractivity contribution in [3.05, 3.63) is 0 Å². The quantitative estimate of drug-likeness (QED) is 0.606. The molecule has 0 amide bonds. The minimum absolute atomic E-state index is 0.0818. The lowest BCUT2D eigenvalue weighted by atomic mass is 10.2. The third kappa shape index (κ3) is 1.14. The van der Waals surface area contributed by atoms with Crippen LogP contribution >= 0.6 is 0 Å². The highest BCUT2D eigenvalue weighted by Crippen LogP contribution is 2.44. The van der Waals surface area contributed by atoms with Crippen molar-refractivity contribution in [3.8, 4) is 0 Å². The lowest BCUT2D eigenvalue weighted by Gasteiger charge is -2.04. The second-order valence-corrected chi connectivity index (χ2v) is 6.16. The monoisotopic (exact) mass is 203 g/mol. The highest BCUT2D eigenvalue weighted by atomic mass is 32.2. The summed E-state index contributed by atoms with van der Waals surface area (Å²) in [5, 5.41) is -0.0818. The smallest absolute Gasteiger partial charge is 0.219 e. The van der Waals surface area contributed by atoms with Crippen molar-refractivity contribution in [1.82, 2.24) is 4.31 Å². The molecule has 74 valence electrons. The molecule has 2 aliphatic heterocycles. The number of nitrogens with zero attached hydrogens (tertiary/aromatic N) is 1. The summed E-state index contributed by atoms with van der Waals surface area (Å²) in [6.07, 6.45) is 3.57. The van der Waals surface area contributed by atoms with E-state index in [9.17, 15) is 8.42 Å². The average Bonchev–Trinajstić information content (AvgIpc) is 2.99. The number of hydrogen-bond donors (Lipinski definition) is 0. The predicted molar refractivity (Wildman–Crippen MR) is 46.5 cm³/mol. The summed E-state index contributed by atoms with van der Waals surface area (Å²) in [7, 11) is -2.97. The maximum absolute atomic E-state index is 11.8. The van der Waals surface area contributed by atoms with E-state index in [0.29, 0.717) is 0 Å². The lowest BCUT2D eigenvalue weighted by Crippen LogP contribution is -2.20. The van der Waals surface area contributed by atoms with Gasteiger partial charge >= 0.3 is 0 Å². The van der Waals surface area contributed by atoms with Gasteiger partial charge in [-0.15, -0.1) is 0 Å². The molecular weight excluding hydrogens is 190 g/mol. The first kappa shape index (κ1) is 8.20. The Bertz CT molecular complexity index is 310. The van der Waals surface area contributed by atoms with E-state index < -0.39 is 10.0 Å². The van der Waals surface area contributed by atoms with Crippen molar-refractivity contribution >= 4 is 10.0 Å². The summed E-state index contributed by atoms with van der Waals surface area (Å²) in [5.41, 5.74) is 0. The van der Waals surface area contributed by atoms with Crippen molar-refractivity contribution < 1.29 is 13.2 Å². The first-order valence-electron chi connectivity index (χ1n) is 4.85. The van der Waals surface area contributed by atoms with Gasteiger partial charge < -0.3 is 4.74 Å². The molecule has 4 nitrogen and oxygen atoms in total. The van der Waals surface area contributed by atoms with Gasteiger partial charge in [-0.2, -0.15) is 4.31 Å². The van der Waals surface area contributed by atoms with E-state index in [2.05, 4.69) is 0 Å². The lowest BCUT2D eigenvalue weighted by molar-refractivity contribution is 0.0787. The molecule has 0 aromatic carbocycles. The van der Waals surface area contributed by atoms with E-state index in [4.69, 9.17) is 4.74 Å². The van der Waals surface area contributed by atoms with Crippen molar-refractivity contribution in [2.75, 3.05) is 6.61 Å². The Morgan fingerprint density at radius 2 is 2.00 bits per heavy atom. The van der Waals surface area contributed by atoms with Gasteiger partial charge in [-0.25, -0.2) is 8.42 Å². The first-order valence-corrected chi connectivity index (χ1v) is 6.35. The summed E-state index contributed by atoms with van der Waals surface area (Å²) < 4.78 is 30.5. The predicted octanol–water partition coefficient (Wildman–Crippen LogP) is 0.299. The fourth-order valence-corrected chi connectivity index (χ4v) is 4.16. The molecule has 0 spiro atoms. The Hall–Kier alpha value is -0.130. The zero-order valence-corrected chi connectivity index (χ0v) is 8.16. The van der Waals surface area contributed by atoms with Crippen LogP contribution in [0, 0.1) is 0 Å². The van der Waals surface area contributed by atoms with Crippen LogP contribution in [0.1, 0.15) is 25.7 Å². The minimum Gasteiger partial charge on any atom is -0.360 e. The Morgan fingerprint density at radius 3 is 2.54 bits per heavy atom. The standard InChI is InChI=1S/C8H13NO3S/c10-13(11,6-3-4-6)9-7-2-1-5-12-8(7)9/h6-8H,1-5H2/t7-,8+,9?/m1/s1. The largest absolute Gasteiger partial charge is 0.360 e. The molecule has 13 heavy (non-hydrogen) atoms. The third-order valence-corrected chi connectivity index (χ3v) is 5.37. The number of hydrogen-bond acceptors (Lipinski definition) is 3. The second kappa shape index (κ2) is 2.46. The number of rotatable bonds is 2. The average molecular weight is 203 g/mol. The summed E-state index contributed by atoms with van der Waals surface area (Å²) in [6, 6.07) is 0.180. The van der Waals surface area contributed by atoms with Crippen LogP contribution < -0.4 is 0 Å². The molecule has 1 unspecified atom stereocenters. The van der Waals surface area contributed by atoms with Gasteiger partial charge in [0.2, 0.25) is 10.0 Å². The Morgan fingerprint density at radius 1 is 1.23 bits per heavy atom. The normalized spacial score (nSPS) is 44.2. The highest BCUT2D eigenvalue weighted by molar-refractivity contribution is 7.90. The molecule has 1 saturated carbocycles. The van der Waals surface area contributed by atoms with Crippen LogP contribution in [0.3, 0.4) is 0 Å². The molecule has 0 bridgehead atoms. The molecule has 3 atom stereocenters. The van der Waals surface area contributed by atoms with Gasteiger partial charge in [0, 0.05) is 6.61 Å². The Balaban J connectivity index is 1.80. The molecule has 1 aliphatic carbocycles. The van der Waals surface area contributed by atoms with Crippen LogP contribution in [-0.2, 0) is 14.8 Å². The van der Waals surface area contributed by atoms with Crippen molar-refractivity contribution in [1.29, 1.82) is 0 Å². The highest BCUT2D eigenvalue weighted by Gasteiger charge is 2.60. The fraction of sp³-hybridized carbons (Fsp3) is 1.00. The zero-order valence-electron chi connectivity index (χ0n) is 7.35. The van der Waals surface area contributed by atoms with Gasteiger partial charge in [-0.3, -0.25) is 0 Å². The van der Waals surface area contributed by atoms with Crippen LogP contribution in [0.25, 0.3) is 0 Å². The summed E-state index contributed by atoms with van der Waals surface area (Å²) >= 11 is 0. The maximum Gasteiger partial charge on any atom is 0.219 e. The molecule has 3 rings (SSSR count). The summed E-state index contributed by atoms with van der Waals surface area (Å²) in [5.74, 6) is 0. The molecule has 0 aromatic heterocycles. The van der Waals surface area contributed by atoms with Crippen molar-refractivity contribution in [2.45, 2.75) is 43.2 Å². The molecule has 3 aliphatic rings. The molecular formula is C8H13NO3S. The number of ether oxygens (including phenoxy) is 1. The van der Waals surface area contributed by atoms with Crippen LogP contribution in [0.4, 0.5) is 0 Å². The Kier molecular flexibility index (Phi) is 1.55. The minimum atomic E-state index is -2.97. The van der Waals surface area contributed by atoms with Gasteiger partial charge in [-0.05, 0) is 25.7 Å². The maximum atomic E-state index is 11.8. The molecule has 3 fully saturated rings. The van der Waals surface area contributed by atoms with Gasteiger partial charge in [-0.1, -0.05) is 0 Å². The van der Waals surface area contributed by atoms with Gasteiger partial charge in [0.15, 0.2) is 0 Å². The van der Waals surface area contributed by atoms with Gasteiger partial charge in [0.05, 0.1) is 11.3 Å². The van der Waals surface area contributed by atoms with E-state index in [1.54, 1.807) is 4.31 Å². The molecule has 2 heterocycles. The summed E-state index contributed by atoms with van der Waals surface area (Å²) in [4.78, 5) is 0. The van der Waals surface area contributed by atoms with Crippen LogP contribution in [0.5, 0.6) is 0 Å². The van der Waals surface area contributed by atoms with E-state index >= 15 is 0 Å². The van der Waals surface area contributed by atoms with Crippen LogP contribution in [-0.4, -0.2) is 36.8 Å². The Labute approximate surface area is 77.9 Å². The van der Waals surface area contributed by atoms with Crippen molar-refractivity contribution in [2.24, 2.45) is 0 Å². The molecule has 0 aromatic rings. The van der Waals surface area contributed by atoms with E-state index in [-0.39, 0.29) is 17.5 Å². The van der Waals surface area contributed by atoms with Gasteiger partial charge in [0.1, 0.15) is 6.23 Å². The first-order chi connectivity index (χ1) is 6.21. The summed E-state index contributed by atoms with van der Waals surface area (Å²) in [6.45, 7) is 0.720. The van der Waals surface area contributed by atoms with Crippen molar-refractivity contribution in [3.63, 3.8) is 0 Å². The van der Waals surface area contributed by atoms with E-state index in [1.807, 2.05) is 0 Å². The van der Waals surface area contributed by atoms with Gasteiger partial charge in [0.25, 0.3) is 0 Å². The molecule has 5 heteroatoms. The van der Waals surface area contributed by atoms with E-state index in [1.165, 1.54) is 0 Å². The molecule has 0 radical (unpaired) electrons. The topological polar surface area (TPSA) is 46.4 Å². The van der Waals surface area contributed by atoms with Crippen LogP contribution in [0.2, 0.25) is 0 Å². The van der Waals surface area contributed by atoms with E-state index in [0.717, 1.165) is 32.3 Å². The molecule has 0 N–H and O–H groups in total. The zero-order chi connectivity index (χ0) is 9.05. The SMILES string of the molecule is O=S(=O)(C1CC1)N1[C@@H]2CCCO[C@@H]21. The number of sulfonamides is 1. The second-order valence-electron chi connectivity index (χ2n) is 4.05.